The van der Waals surface area contributed by atoms with Gasteiger partial charge in [-0.05, 0) is 51.3 Å². The zero-order valence-corrected chi connectivity index (χ0v) is 19.6. The third-order valence-corrected chi connectivity index (χ3v) is 6.09. The van der Waals surface area contributed by atoms with Gasteiger partial charge < -0.3 is 14.2 Å². The summed E-state index contributed by atoms with van der Waals surface area (Å²) in [6, 6.07) is 13.7. The number of rotatable bonds is 12. The maximum atomic E-state index is 13.1. The molecule has 0 saturated carbocycles. The second-order valence-corrected chi connectivity index (χ2v) is 8.32. The van der Waals surface area contributed by atoms with Crippen molar-refractivity contribution in [3.63, 3.8) is 0 Å². The lowest BCUT2D eigenvalue weighted by molar-refractivity contribution is -0.139. The van der Waals surface area contributed by atoms with Gasteiger partial charge in [0.15, 0.2) is 17.9 Å². The van der Waals surface area contributed by atoms with Crippen molar-refractivity contribution >= 4 is 11.6 Å². The highest BCUT2D eigenvalue weighted by atomic mass is 16.7. The summed E-state index contributed by atoms with van der Waals surface area (Å²) in [4.78, 5) is 25.8. The summed E-state index contributed by atoms with van der Waals surface area (Å²) in [5.41, 5.74) is 2.68. The van der Waals surface area contributed by atoms with Gasteiger partial charge in [-0.1, -0.05) is 37.3 Å². The molecule has 0 aromatic heterocycles. The van der Waals surface area contributed by atoms with Crippen molar-refractivity contribution in [3.8, 4) is 5.75 Å². The topological polar surface area (TPSA) is 61.8 Å². The predicted octanol–water partition coefficient (Wildman–Crippen LogP) is 5.73. The Morgan fingerprint density at radius 2 is 1.72 bits per heavy atom. The van der Waals surface area contributed by atoms with Crippen LogP contribution in [0, 0.1) is 0 Å². The second kappa shape index (κ2) is 10.9. The zero-order valence-electron chi connectivity index (χ0n) is 19.6. The van der Waals surface area contributed by atoms with Gasteiger partial charge in [0.05, 0.1) is 11.0 Å². The number of fused-ring (bicyclic) bond motifs is 1. The van der Waals surface area contributed by atoms with E-state index in [1.54, 1.807) is 6.07 Å². The highest BCUT2D eigenvalue weighted by Crippen LogP contribution is 2.46. The lowest BCUT2D eigenvalue weighted by atomic mass is 9.76. The van der Waals surface area contributed by atoms with E-state index in [1.165, 1.54) is 0 Å². The summed E-state index contributed by atoms with van der Waals surface area (Å²) in [6.45, 7) is 9.39. The van der Waals surface area contributed by atoms with Crippen LogP contribution in [0.1, 0.15) is 85.2 Å². The van der Waals surface area contributed by atoms with Gasteiger partial charge in [-0.3, -0.25) is 9.59 Å². The Kier molecular flexibility index (Phi) is 8.21. The predicted molar refractivity (Wildman–Crippen MR) is 125 cm³/mol. The van der Waals surface area contributed by atoms with Crippen molar-refractivity contribution in [1.29, 1.82) is 0 Å². The van der Waals surface area contributed by atoms with E-state index in [0.29, 0.717) is 62.4 Å². The number of benzene rings is 2. The molecule has 1 aliphatic heterocycles. The lowest BCUT2D eigenvalue weighted by Gasteiger charge is -2.24. The number of ether oxygens (including phenoxy) is 3. The Hall–Kier alpha value is -2.50. The van der Waals surface area contributed by atoms with Crippen molar-refractivity contribution in [3.05, 3.63) is 64.7 Å². The standard InChI is InChI=1S/C27H34O5/c1-5-23(28)21-16-19(24(29)14-11-15-25(30-6-2)31-7-3)17-22-26(21)32-18-27(22,4)20-12-9-8-10-13-20/h8-10,12-13,16-17,25H,5-7,11,14-15,18H2,1-4H3/t27-/m0/s1. The van der Waals surface area contributed by atoms with Crippen LogP contribution in [-0.4, -0.2) is 37.7 Å². The Labute approximate surface area is 191 Å². The summed E-state index contributed by atoms with van der Waals surface area (Å²) >= 11 is 0. The van der Waals surface area contributed by atoms with Crippen molar-refractivity contribution in [2.45, 2.75) is 65.1 Å². The minimum Gasteiger partial charge on any atom is -0.491 e. The molecule has 0 bridgehead atoms. The molecule has 5 heteroatoms. The van der Waals surface area contributed by atoms with E-state index in [-0.39, 0.29) is 17.9 Å². The number of ketones is 2. The molecule has 0 amide bonds. The van der Waals surface area contributed by atoms with E-state index in [4.69, 9.17) is 14.2 Å². The normalized spacial score (nSPS) is 17.3. The minimum atomic E-state index is -0.412. The molecule has 0 aliphatic carbocycles. The molecule has 0 radical (unpaired) electrons. The number of carbonyl (C=O) groups excluding carboxylic acids is 2. The van der Waals surface area contributed by atoms with E-state index in [1.807, 2.05) is 45.0 Å². The van der Waals surface area contributed by atoms with Gasteiger partial charge in [0, 0.05) is 37.2 Å². The van der Waals surface area contributed by atoms with Gasteiger partial charge in [0.1, 0.15) is 12.4 Å². The number of carbonyl (C=O) groups is 2. The van der Waals surface area contributed by atoms with E-state index >= 15 is 0 Å². The van der Waals surface area contributed by atoms with Crippen LogP contribution in [-0.2, 0) is 14.9 Å². The van der Waals surface area contributed by atoms with Crippen LogP contribution in [0.5, 0.6) is 5.75 Å². The van der Waals surface area contributed by atoms with Crippen molar-refractivity contribution in [2.24, 2.45) is 0 Å². The molecule has 2 aromatic carbocycles. The maximum Gasteiger partial charge on any atom is 0.166 e. The summed E-state index contributed by atoms with van der Waals surface area (Å²) in [5, 5.41) is 0. The Morgan fingerprint density at radius 1 is 1.03 bits per heavy atom. The quantitative estimate of drug-likeness (QED) is 0.313. The molecule has 0 fully saturated rings. The summed E-state index contributed by atoms with van der Waals surface area (Å²) in [7, 11) is 0. The highest BCUT2D eigenvalue weighted by Gasteiger charge is 2.40. The molecule has 0 unspecified atom stereocenters. The fourth-order valence-electron chi connectivity index (χ4n) is 4.25. The van der Waals surface area contributed by atoms with Gasteiger partial charge in [-0.2, -0.15) is 0 Å². The fraction of sp³-hybridized carbons (Fsp3) is 0.481. The first-order valence-corrected chi connectivity index (χ1v) is 11.6. The monoisotopic (exact) mass is 438 g/mol. The maximum absolute atomic E-state index is 13.1. The number of Topliss-reactive ketones (excluding diaryl/α,β-unsaturated/α-hetero) is 2. The fourth-order valence-corrected chi connectivity index (χ4v) is 4.25. The van der Waals surface area contributed by atoms with Crippen LogP contribution in [0.25, 0.3) is 0 Å². The lowest BCUT2D eigenvalue weighted by Crippen LogP contribution is -2.25. The van der Waals surface area contributed by atoms with Crippen LogP contribution in [0.3, 0.4) is 0 Å². The molecule has 1 atom stereocenters. The molecule has 2 aromatic rings. The van der Waals surface area contributed by atoms with Gasteiger partial charge in [-0.25, -0.2) is 0 Å². The van der Waals surface area contributed by atoms with E-state index in [9.17, 15) is 9.59 Å². The molecule has 172 valence electrons. The Bertz CT molecular complexity index is 931. The van der Waals surface area contributed by atoms with Gasteiger partial charge in [0.25, 0.3) is 0 Å². The van der Waals surface area contributed by atoms with E-state index in [2.05, 4.69) is 19.1 Å². The smallest absolute Gasteiger partial charge is 0.166 e. The van der Waals surface area contributed by atoms with Crippen molar-refractivity contribution in [1.82, 2.24) is 0 Å². The highest BCUT2D eigenvalue weighted by molar-refractivity contribution is 6.04. The second-order valence-electron chi connectivity index (χ2n) is 8.32. The summed E-state index contributed by atoms with van der Waals surface area (Å²) in [5.74, 6) is 0.625. The largest absolute Gasteiger partial charge is 0.491 e. The molecule has 3 rings (SSSR count). The van der Waals surface area contributed by atoms with Gasteiger partial charge in [-0.15, -0.1) is 0 Å². The van der Waals surface area contributed by atoms with Crippen LogP contribution < -0.4 is 4.74 Å². The molecular formula is C27H34O5. The molecule has 1 aliphatic rings. The summed E-state index contributed by atoms with van der Waals surface area (Å²) in [6.07, 6.45) is 1.76. The third kappa shape index (κ3) is 5.11. The van der Waals surface area contributed by atoms with Crippen LogP contribution in [0.4, 0.5) is 0 Å². The van der Waals surface area contributed by atoms with Crippen LogP contribution >= 0.6 is 0 Å². The van der Waals surface area contributed by atoms with Gasteiger partial charge in [0.2, 0.25) is 0 Å². The Balaban J connectivity index is 1.88. The summed E-state index contributed by atoms with van der Waals surface area (Å²) < 4.78 is 17.2. The van der Waals surface area contributed by atoms with Crippen LogP contribution in [0.2, 0.25) is 0 Å². The number of hydrogen-bond acceptors (Lipinski definition) is 5. The average Bonchev–Trinajstić information content (AvgIpc) is 3.16. The Morgan fingerprint density at radius 3 is 2.34 bits per heavy atom. The molecule has 1 heterocycles. The molecular weight excluding hydrogens is 404 g/mol. The average molecular weight is 439 g/mol. The SMILES string of the molecule is CCOC(CCCC(=O)c1cc(C(=O)CC)c2c(c1)[C@](C)(c1ccccc1)CO2)OCC. The minimum absolute atomic E-state index is 0.0130. The molecule has 0 saturated heterocycles. The van der Waals surface area contributed by atoms with Gasteiger partial charge >= 0.3 is 0 Å². The molecule has 5 nitrogen and oxygen atoms in total. The third-order valence-electron chi connectivity index (χ3n) is 6.09. The van der Waals surface area contributed by atoms with E-state index in [0.717, 1.165) is 11.1 Å². The first-order valence-electron chi connectivity index (χ1n) is 11.6. The first-order chi connectivity index (χ1) is 15.4. The van der Waals surface area contributed by atoms with Crippen molar-refractivity contribution in [2.75, 3.05) is 19.8 Å². The molecule has 0 N–H and O–H groups in total. The van der Waals surface area contributed by atoms with Crippen LogP contribution in [0.15, 0.2) is 42.5 Å². The number of hydrogen-bond donors (Lipinski definition) is 0. The zero-order chi connectivity index (χ0) is 23.1. The van der Waals surface area contributed by atoms with Crippen molar-refractivity contribution < 1.29 is 23.8 Å². The van der Waals surface area contributed by atoms with E-state index < -0.39 is 5.41 Å². The molecule has 32 heavy (non-hydrogen) atoms. The first kappa shape index (κ1) is 24.1. The molecule has 0 spiro atoms.